The van der Waals surface area contributed by atoms with Crippen LogP contribution in [0.5, 0.6) is 5.75 Å². The van der Waals surface area contributed by atoms with Crippen LogP contribution < -0.4 is 4.74 Å². The number of carbonyl (C=O) groups excluding carboxylic acids is 1. The molecular formula is C23H22ClN3O3. The topological polar surface area (TPSA) is 68.5 Å². The van der Waals surface area contributed by atoms with Crippen LogP contribution in [0.2, 0.25) is 5.02 Å². The molecule has 154 valence electrons. The van der Waals surface area contributed by atoms with E-state index in [2.05, 4.69) is 10.2 Å². The van der Waals surface area contributed by atoms with Crippen LogP contribution in [-0.2, 0) is 11.3 Å². The standard InChI is InChI=1S/C23H22ClN3O3/c1-15-7-11-20(29-2)16(13-15)8-12-22(28)27(17-9-10-17)14-21-25-26-23(30-21)18-5-3-4-6-19(18)24/h3-8,11-13,17H,9-10,14H2,1-2H3/b12-8+. The largest absolute Gasteiger partial charge is 0.496 e. The first-order valence-electron chi connectivity index (χ1n) is 9.76. The Morgan fingerprint density at radius 3 is 2.80 bits per heavy atom. The van der Waals surface area contributed by atoms with E-state index in [-0.39, 0.29) is 18.5 Å². The van der Waals surface area contributed by atoms with Crippen LogP contribution >= 0.6 is 11.6 Å². The molecule has 0 bridgehead atoms. The minimum Gasteiger partial charge on any atom is -0.496 e. The zero-order valence-corrected chi connectivity index (χ0v) is 17.6. The molecule has 30 heavy (non-hydrogen) atoms. The smallest absolute Gasteiger partial charge is 0.249 e. The zero-order valence-electron chi connectivity index (χ0n) is 16.8. The van der Waals surface area contributed by atoms with E-state index in [1.54, 1.807) is 30.2 Å². The summed E-state index contributed by atoms with van der Waals surface area (Å²) >= 11 is 6.21. The highest BCUT2D eigenvalue weighted by atomic mass is 35.5. The van der Waals surface area contributed by atoms with Crippen molar-refractivity contribution in [3.05, 3.63) is 70.6 Å². The summed E-state index contributed by atoms with van der Waals surface area (Å²) in [5, 5.41) is 8.74. The van der Waals surface area contributed by atoms with Crippen molar-refractivity contribution in [1.29, 1.82) is 0 Å². The number of aryl methyl sites for hydroxylation is 1. The summed E-state index contributed by atoms with van der Waals surface area (Å²) in [5.74, 6) is 1.35. The molecule has 0 spiro atoms. The first-order valence-corrected chi connectivity index (χ1v) is 10.1. The number of aromatic nitrogens is 2. The minimum atomic E-state index is -0.0986. The van der Waals surface area contributed by atoms with E-state index in [1.165, 1.54) is 0 Å². The van der Waals surface area contributed by atoms with Crippen LogP contribution in [0.3, 0.4) is 0 Å². The lowest BCUT2D eigenvalue weighted by Gasteiger charge is -2.18. The van der Waals surface area contributed by atoms with Crippen molar-refractivity contribution in [3.8, 4) is 17.2 Å². The molecule has 1 amide bonds. The summed E-state index contributed by atoms with van der Waals surface area (Å²) in [6, 6.07) is 13.3. The predicted octanol–water partition coefficient (Wildman–Crippen LogP) is 4.91. The highest BCUT2D eigenvalue weighted by Gasteiger charge is 2.33. The molecule has 1 heterocycles. The maximum Gasteiger partial charge on any atom is 0.249 e. The third-order valence-corrected chi connectivity index (χ3v) is 5.27. The Kier molecular flexibility index (Phi) is 5.86. The molecule has 0 atom stereocenters. The highest BCUT2D eigenvalue weighted by molar-refractivity contribution is 6.33. The van der Waals surface area contributed by atoms with Crippen LogP contribution in [0.15, 0.2) is 53.0 Å². The van der Waals surface area contributed by atoms with Gasteiger partial charge in [-0.1, -0.05) is 35.4 Å². The summed E-state index contributed by atoms with van der Waals surface area (Å²) in [5.41, 5.74) is 2.63. The van der Waals surface area contributed by atoms with Gasteiger partial charge in [0.2, 0.25) is 17.7 Å². The Labute approximate surface area is 180 Å². The first-order chi connectivity index (χ1) is 14.5. The fraction of sp³-hybridized carbons (Fsp3) is 0.261. The molecule has 1 aliphatic carbocycles. The van der Waals surface area contributed by atoms with E-state index in [0.29, 0.717) is 22.4 Å². The molecule has 1 aliphatic rings. The number of rotatable bonds is 7. The lowest BCUT2D eigenvalue weighted by atomic mass is 10.1. The summed E-state index contributed by atoms with van der Waals surface area (Å²) in [7, 11) is 1.62. The molecule has 0 unspecified atom stereocenters. The van der Waals surface area contributed by atoms with Crippen LogP contribution in [0, 0.1) is 6.92 Å². The van der Waals surface area contributed by atoms with Crippen molar-refractivity contribution < 1.29 is 13.9 Å². The van der Waals surface area contributed by atoms with Gasteiger partial charge in [0.15, 0.2) is 0 Å². The van der Waals surface area contributed by atoms with Gasteiger partial charge in [-0.05, 0) is 50.1 Å². The van der Waals surface area contributed by atoms with Crippen molar-refractivity contribution in [2.24, 2.45) is 0 Å². The number of halogens is 1. The molecule has 4 rings (SSSR count). The molecule has 3 aromatic rings. The second-order valence-corrected chi connectivity index (χ2v) is 7.66. The van der Waals surface area contributed by atoms with E-state index < -0.39 is 0 Å². The van der Waals surface area contributed by atoms with Crippen LogP contribution in [0.1, 0.15) is 29.9 Å². The number of ether oxygens (including phenoxy) is 1. The van der Waals surface area contributed by atoms with Crippen LogP contribution in [-0.4, -0.2) is 34.2 Å². The Bertz CT molecular complexity index is 1090. The van der Waals surface area contributed by atoms with E-state index in [9.17, 15) is 4.79 Å². The van der Waals surface area contributed by atoms with Gasteiger partial charge in [0.05, 0.1) is 24.2 Å². The lowest BCUT2D eigenvalue weighted by molar-refractivity contribution is -0.127. The van der Waals surface area contributed by atoms with Crippen molar-refractivity contribution in [3.63, 3.8) is 0 Å². The quantitative estimate of drug-likeness (QED) is 0.505. The first kappa shape index (κ1) is 20.2. The fourth-order valence-corrected chi connectivity index (χ4v) is 3.44. The molecule has 0 N–H and O–H groups in total. The minimum absolute atomic E-state index is 0.0986. The second-order valence-electron chi connectivity index (χ2n) is 7.26. The van der Waals surface area contributed by atoms with E-state index >= 15 is 0 Å². The van der Waals surface area contributed by atoms with E-state index in [0.717, 1.165) is 29.7 Å². The van der Waals surface area contributed by atoms with E-state index in [4.69, 9.17) is 20.8 Å². The lowest BCUT2D eigenvalue weighted by Crippen LogP contribution is -2.31. The predicted molar refractivity (Wildman–Crippen MR) is 115 cm³/mol. The Morgan fingerprint density at radius 1 is 1.27 bits per heavy atom. The molecule has 1 saturated carbocycles. The number of amides is 1. The van der Waals surface area contributed by atoms with Crippen molar-refractivity contribution in [2.45, 2.75) is 32.4 Å². The second kappa shape index (κ2) is 8.71. The third-order valence-electron chi connectivity index (χ3n) is 4.94. The Hall–Kier alpha value is -3.12. The van der Waals surface area contributed by atoms with Crippen molar-refractivity contribution in [2.75, 3.05) is 7.11 Å². The van der Waals surface area contributed by atoms with Crippen molar-refractivity contribution in [1.82, 2.24) is 15.1 Å². The number of nitrogens with zero attached hydrogens (tertiary/aromatic N) is 3. The van der Waals surface area contributed by atoms with Gasteiger partial charge in [0, 0.05) is 17.7 Å². The number of benzene rings is 2. The molecule has 6 nitrogen and oxygen atoms in total. The highest BCUT2D eigenvalue weighted by Crippen LogP contribution is 2.30. The van der Waals surface area contributed by atoms with Crippen LogP contribution in [0.25, 0.3) is 17.5 Å². The molecule has 0 saturated heterocycles. The summed E-state index contributed by atoms with van der Waals surface area (Å²) in [6.45, 7) is 2.26. The third kappa shape index (κ3) is 4.54. The van der Waals surface area contributed by atoms with Gasteiger partial charge < -0.3 is 14.1 Å². The van der Waals surface area contributed by atoms with E-state index in [1.807, 2.05) is 43.3 Å². The summed E-state index contributed by atoms with van der Waals surface area (Å²) in [6.07, 6.45) is 5.30. The molecule has 7 heteroatoms. The number of carbonyl (C=O) groups is 1. The number of hydrogen-bond donors (Lipinski definition) is 0. The average Bonchev–Trinajstić information content (AvgIpc) is 3.48. The SMILES string of the molecule is COc1ccc(C)cc1/C=C/C(=O)N(Cc1nnc(-c2ccccc2Cl)o1)C1CC1. The maximum absolute atomic E-state index is 12.9. The maximum atomic E-state index is 12.9. The Balaban J connectivity index is 1.51. The summed E-state index contributed by atoms with van der Waals surface area (Å²) < 4.78 is 11.2. The number of methoxy groups -OCH3 is 1. The zero-order chi connectivity index (χ0) is 21.1. The molecule has 0 radical (unpaired) electrons. The van der Waals surface area contributed by atoms with Gasteiger partial charge >= 0.3 is 0 Å². The molecule has 1 aromatic heterocycles. The molecular weight excluding hydrogens is 402 g/mol. The normalized spacial score (nSPS) is 13.6. The van der Waals surface area contributed by atoms with Gasteiger partial charge in [0.25, 0.3) is 0 Å². The van der Waals surface area contributed by atoms with Gasteiger partial charge in [-0.3, -0.25) is 4.79 Å². The monoisotopic (exact) mass is 423 g/mol. The molecule has 1 fully saturated rings. The Morgan fingerprint density at radius 2 is 2.07 bits per heavy atom. The van der Waals surface area contributed by atoms with Gasteiger partial charge in [-0.25, -0.2) is 0 Å². The fourth-order valence-electron chi connectivity index (χ4n) is 3.22. The molecule has 2 aromatic carbocycles. The summed E-state index contributed by atoms with van der Waals surface area (Å²) in [4.78, 5) is 14.7. The number of hydrogen-bond acceptors (Lipinski definition) is 5. The van der Waals surface area contributed by atoms with Crippen molar-refractivity contribution >= 4 is 23.6 Å². The average molecular weight is 424 g/mol. The van der Waals surface area contributed by atoms with Gasteiger partial charge in [-0.2, -0.15) is 0 Å². The molecule has 0 aliphatic heterocycles. The van der Waals surface area contributed by atoms with Gasteiger partial charge in [-0.15, -0.1) is 10.2 Å². The van der Waals surface area contributed by atoms with Gasteiger partial charge in [0.1, 0.15) is 5.75 Å². The van der Waals surface area contributed by atoms with Crippen LogP contribution in [0.4, 0.5) is 0 Å².